The molecular weight excluding hydrogens is 427 g/mol. The summed E-state index contributed by atoms with van der Waals surface area (Å²) < 4.78 is 19.1. The van der Waals surface area contributed by atoms with E-state index in [9.17, 15) is 14.3 Å². The van der Waals surface area contributed by atoms with Crippen LogP contribution in [-0.2, 0) is 4.74 Å². The lowest BCUT2D eigenvalue weighted by Gasteiger charge is -2.35. The molecule has 0 aliphatic carbocycles. The molecule has 4 rings (SSSR count). The SMILES string of the molecule is C[C@@H]1CN(c2n[nH]c3cc(NC(=O)NC(c4ccc(F)cc4)C(C)(C)O)ncc23)C[C@H](C)O1. The predicted octanol–water partition coefficient (Wildman–Crippen LogP) is 3.34. The molecular formula is C23H29FN6O3. The third kappa shape index (κ3) is 5.23. The zero-order chi connectivity index (χ0) is 23.8. The number of hydrogen-bond donors (Lipinski definition) is 4. The van der Waals surface area contributed by atoms with Crippen molar-refractivity contribution >= 4 is 28.6 Å². The van der Waals surface area contributed by atoms with Gasteiger partial charge in [0.2, 0.25) is 0 Å². The minimum Gasteiger partial charge on any atom is -0.388 e. The number of carbonyl (C=O) groups excluding carboxylic acids is 1. The number of nitrogens with zero attached hydrogens (tertiary/aromatic N) is 3. The molecule has 33 heavy (non-hydrogen) atoms. The number of anilines is 2. The van der Waals surface area contributed by atoms with Gasteiger partial charge in [-0.3, -0.25) is 10.4 Å². The second-order valence-electron chi connectivity index (χ2n) is 9.06. The van der Waals surface area contributed by atoms with E-state index in [-0.39, 0.29) is 12.2 Å². The first kappa shape index (κ1) is 22.9. The summed E-state index contributed by atoms with van der Waals surface area (Å²) in [6.45, 7) is 8.67. The van der Waals surface area contributed by atoms with Crippen LogP contribution in [0.1, 0.15) is 39.3 Å². The standard InChI is InChI=1S/C23H29FN6O3/c1-13-11-30(12-14(2)33-13)21-17-10-25-19(9-18(17)28-29-21)26-22(31)27-20(23(3,4)32)15-5-7-16(24)8-6-15/h5-10,13-14,20,32H,11-12H2,1-4H3,(H,28,29)(H2,25,26,27,31)/t13-,14+,20?. The first-order valence-electron chi connectivity index (χ1n) is 10.9. The van der Waals surface area contributed by atoms with Crippen molar-refractivity contribution in [2.45, 2.75) is 51.5 Å². The summed E-state index contributed by atoms with van der Waals surface area (Å²) in [6.07, 6.45) is 1.87. The highest BCUT2D eigenvalue weighted by Crippen LogP contribution is 2.28. The zero-order valence-corrected chi connectivity index (χ0v) is 19.1. The lowest BCUT2D eigenvalue weighted by Crippen LogP contribution is -2.45. The molecule has 2 amide bonds. The number of aliphatic hydroxyl groups is 1. The highest BCUT2D eigenvalue weighted by Gasteiger charge is 2.30. The second kappa shape index (κ2) is 8.95. The Bertz CT molecular complexity index is 1120. The summed E-state index contributed by atoms with van der Waals surface area (Å²) >= 11 is 0. The van der Waals surface area contributed by atoms with Crippen LogP contribution in [0.5, 0.6) is 0 Å². The number of H-pyrrole nitrogens is 1. The van der Waals surface area contributed by atoms with Gasteiger partial charge in [-0.15, -0.1) is 0 Å². The normalized spacial score (nSPS) is 20.0. The third-order valence-corrected chi connectivity index (χ3v) is 5.57. The molecule has 1 aliphatic rings. The minimum absolute atomic E-state index is 0.0999. The molecule has 1 aromatic carbocycles. The Hall–Kier alpha value is -3.24. The number of pyridine rings is 1. The van der Waals surface area contributed by atoms with Crippen molar-refractivity contribution in [2.75, 3.05) is 23.3 Å². The number of carbonyl (C=O) groups is 1. The monoisotopic (exact) mass is 456 g/mol. The number of aromatic nitrogens is 3. The van der Waals surface area contributed by atoms with E-state index in [1.807, 2.05) is 13.8 Å². The zero-order valence-electron chi connectivity index (χ0n) is 19.1. The molecule has 10 heteroatoms. The topological polar surface area (TPSA) is 115 Å². The van der Waals surface area contributed by atoms with Gasteiger partial charge in [-0.2, -0.15) is 5.10 Å². The molecule has 9 nitrogen and oxygen atoms in total. The van der Waals surface area contributed by atoms with E-state index in [1.165, 1.54) is 24.3 Å². The van der Waals surface area contributed by atoms with E-state index < -0.39 is 23.5 Å². The van der Waals surface area contributed by atoms with E-state index in [1.54, 1.807) is 26.1 Å². The fourth-order valence-corrected chi connectivity index (χ4v) is 4.17. The van der Waals surface area contributed by atoms with Crippen molar-refractivity contribution in [1.82, 2.24) is 20.5 Å². The largest absolute Gasteiger partial charge is 0.388 e. The molecule has 4 N–H and O–H groups in total. The van der Waals surface area contributed by atoms with Gasteiger partial charge in [0.05, 0.1) is 34.8 Å². The van der Waals surface area contributed by atoms with Crippen LogP contribution in [-0.4, -0.2) is 57.2 Å². The first-order valence-corrected chi connectivity index (χ1v) is 10.9. The van der Waals surface area contributed by atoms with Crippen molar-refractivity contribution in [3.8, 4) is 0 Å². The van der Waals surface area contributed by atoms with Crippen molar-refractivity contribution in [3.63, 3.8) is 0 Å². The Balaban J connectivity index is 1.49. The van der Waals surface area contributed by atoms with Gasteiger partial charge in [-0.05, 0) is 45.4 Å². The van der Waals surface area contributed by atoms with E-state index in [2.05, 4.69) is 30.7 Å². The number of urea groups is 1. The number of ether oxygens (including phenoxy) is 1. The van der Waals surface area contributed by atoms with Gasteiger partial charge in [0, 0.05) is 25.4 Å². The molecule has 3 atom stereocenters. The van der Waals surface area contributed by atoms with Crippen LogP contribution < -0.4 is 15.5 Å². The van der Waals surface area contributed by atoms with Gasteiger partial charge in [0.25, 0.3) is 0 Å². The maximum absolute atomic E-state index is 13.3. The number of hydrogen-bond acceptors (Lipinski definition) is 6. The van der Waals surface area contributed by atoms with E-state index >= 15 is 0 Å². The lowest BCUT2D eigenvalue weighted by atomic mass is 9.92. The molecule has 1 fully saturated rings. The highest BCUT2D eigenvalue weighted by molar-refractivity contribution is 5.94. The second-order valence-corrected chi connectivity index (χ2v) is 9.06. The third-order valence-electron chi connectivity index (χ3n) is 5.57. The summed E-state index contributed by atoms with van der Waals surface area (Å²) in [6, 6.07) is 6.03. The number of aromatic amines is 1. The Morgan fingerprint density at radius 2 is 1.94 bits per heavy atom. The van der Waals surface area contributed by atoms with Crippen molar-refractivity contribution in [2.24, 2.45) is 0 Å². The van der Waals surface area contributed by atoms with Gasteiger partial charge < -0.3 is 20.1 Å². The maximum Gasteiger partial charge on any atom is 0.320 e. The molecule has 176 valence electrons. The summed E-state index contributed by atoms with van der Waals surface area (Å²) in [5.74, 6) is 0.733. The number of amides is 2. The Kier molecular flexibility index (Phi) is 6.22. The minimum atomic E-state index is -1.28. The van der Waals surface area contributed by atoms with E-state index in [0.717, 1.165) is 29.8 Å². The Morgan fingerprint density at radius 1 is 1.27 bits per heavy atom. The van der Waals surface area contributed by atoms with Crippen molar-refractivity contribution in [1.29, 1.82) is 0 Å². The number of fused-ring (bicyclic) bond motifs is 1. The molecule has 2 aromatic heterocycles. The van der Waals surface area contributed by atoms with Crippen LogP contribution in [0.15, 0.2) is 36.5 Å². The number of halogens is 1. The molecule has 1 unspecified atom stereocenters. The number of nitrogens with one attached hydrogen (secondary N) is 3. The summed E-state index contributed by atoms with van der Waals surface area (Å²) in [7, 11) is 0. The summed E-state index contributed by atoms with van der Waals surface area (Å²) in [5.41, 5.74) is 0.0337. The van der Waals surface area contributed by atoms with E-state index in [4.69, 9.17) is 4.74 Å². The quantitative estimate of drug-likeness (QED) is 0.468. The van der Waals surface area contributed by atoms with Crippen LogP contribution in [0.3, 0.4) is 0 Å². The summed E-state index contributed by atoms with van der Waals surface area (Å²) in [5, 5.41) is 24.3. The average molecular weight is 457 g/mol. The van der Waals surface area contributed by atoms with Crippen LogP contribution in [0, 0.1) is 5.82 Å². The van der Waals surface area contributed by atoms with Crippen LogP contribution in [0.2, 0.25) is 0 Å². The van der Waals surface area contributed by atoms with Gasteiger partial charge >= 0.3 is 6.03 Å². The highest BCUT2D eigenvalue weighted by atomic mass is 19.1. The Morgan fingerprint density at radius 3 is 2.58 bits per heavy atom. The first-order chi connectivity index (χ1) is 15.6. The predicted molar refractivity (Wildman–Crippen MR) is 124 cm³/mol. The smallest absolute Gasteiger partial charge is 0.320 e. The van der Waals surface area contributed by atoms with Crippen molar-refractivity contribution in [3.05, 3.63) is 47.9 Å². The number of morpholine rings is 1. The molecule has 0 spiro atoms. The molecule has 3 heterocycles. The van der Waals surface area contributed by atoms with Gasteiger partial charge in [-0.1, -0.05) is 12.1 Å². The van der Waals surface area contributed by atoms with Crippen LogP contribution >= 0.6 is 0 Å². The number of benzene rings is 1. The molecule has 0 bridgehead atoms. The van der Waals surface area contributed by atoms with Crippen LogP contribution in [0.4, 0.5) is 20.8 Å². The number of rotatable bonds is 5. The summed E-state index contributed by atoms with van der Waals surface area (Å²) in [4.78, 5) is 19.2. The maximum atomic E-state index is 13.3. The lowest BCUT2D eigenvalue weighted by molar-refractivity contribution is -0.00538. The average Bonchev–Trinajstić information content (AvgIpc) is 3.14. The molecule has 1 saturated heterocycles. The van der Waals surface area contributed by atoms with Crippen LogP contribution in [0.25, 0.3) is 10.9 Å². The fourth-order valence-electron chi connectivity index (χ4n) is 4.17. The Labute approximate surface area is 191 Å². The van der Waals surface area contributed by atoms with Crippen molar-refractivity contribution < 1.29 is 19.0 Å². The van der Waals surface area contributed by atoms with Gasteiger partial charge in [0.15, 0.2) is 5.82 Å². The fraction of sp³-hybridized carbons (Fsp3) is 0.435. The molecule has 1 aliphatic heterocycles. The molecule has 3 aromatic rings. The molecule has 0 saturated carbocycles. The van der Waals surface area contributed by atoms with E-state index in [0.29, 0.717) is 11.4 Å². The van der Waals surface area contributed by atoms with Gasteiger partial charge in [-0.25, -0.2) is 14.2 Å². The molecule has 0 radical (unpaired) electrons. The van der Waals surface area contributed by atoms with Gasteiger partial charge in [0.1, 0.15) is 11.6 Å².